The van der Waals surface area contributed by atoms with E-state index in [0.717, 1.165) is 6.07 Å². The van der Waals surface area contributed by atoms with Gasteiger partial charge in [0, 0.05) is 12.6 Å². The Labute approximate surface area is 96.3 Å². The number of carboxylic acids is 1. The molecule has 88 valence electrons. The first-order valence-corrected chi connectivity index (χ1v) is 4.81. The Bertz CT molecular complexity index is 573. The molecule has 6 heteroatoms. The largest absolute Gasteiger partial charge is 0.478 e. The normalized spacial score (nSPS) is 10.5. The first-order chi connectivity index (χ1) is 7.99. The molecule has 0 saturated heterocycles. The minimum absolute atomic E-state index is 0.124. The predicted molar refractivity (Wildman–Crippen MR) is 60.0 cm³/mol. The second-order valence-electron chi connectivity index (χ2n) is 3.61. The molecule has 0 spiro atoms. The monoisotopic (exact) mass is 235 g/mol. The standard InChI is InChI=1S/C11H10FN3O2/c1-15-10(9(13)5-14-15)6-2-7(11(16)17)4-8(12)3-6/h2-5H,13H2,1H3,(H,16,17). The maximum atomic E-state index is 13.3. The molecule has 1 aromatic heterocycles. The Hall–Kier alpha value is -2.37. The summed E-state index contributed by atoms with van der Waals surface area (Å²) in [6.07, 6.45) is 1.43. The Morgan fingerprint density at radius 3 is 2.71 bits per heavy atom. The average Bonchev–Trinajstić information content (AvgIpc) is 2.57. The molecular weight excluding hydrogens is 225 g/mol. The molecule has 0 fully saturated rings. The maximum Gasteiger partial charge on any atom is 0.335 e. The van der Waals surface area contributed by atoms with Crippen molar-refractivity contribution in [3.63, 3.8) is 0 Å². The minimum atomic E-state index is -1.19. The molecule has 17 heavy (non-hydrogen) atoms. The molecule has 1 aromatic carbocycles. The molecule has 0 aliphatic carbocycles. The molecule has 0 saturated carbocycles. The number of aryl methyl sites for hydroxylation is 1. The number of carboxylic acid groups (broad SMARTS) is 1. The first-order valence-electron chi connectivity index (χ1n) is 4.81. The number of nitrogens with zero attached hydrogens (tertiary/aromatic N) is 2. The van der Waals surface area contributed by atoms with Crippen molar-refractivity contribution in [1.29, 1.82) is 0 Å². The summed E-state index contributed by atoms with van der Waals surface area (Å²) in [4.78, 5) is 10.8. The van der Waals surface area contributed by atoms with Crippen molar-refractivity contribution in [3.05, 3.63) is 35.8 Å². The van der Waals surface area contributed by atoms with Gasteiger partial charge in [-0.2, -0.15) is 5.10 Å². The van der Waals surface area contributed by atoms with Crippen LogP contribution in [0.5, 0.6) is 0 Å². The fraction of sp³-hybridized carbons (Fsp3) is 0.0909. The van der Waals surface area contributed by atoms with E-state index in [0.29, 0.717) is 16.9 Å². The smallest absolute Gasteiger partial charge is 0.335 e. The van der Waals surface area contributed by atoms with Gasteiger partial charge in [0.15, 0.2) is 0 Å². The lowest BCUT2D eigenvalue weighted by atomic mass is 10.1. The molecule has 0 unspecified atom stereocenters. The van der Waals surface area contributed by atoms with Crippen molar-refractivity contribution in [3.8, 4) is 11.3 Å². The lowest BCUT2D eigenvalue weighted by Gasteiger charge is -2.05. The number of benzene rings is 1. The van der Waals surface area contributed by atoms with Crippen LogP contribution in [-0.2, 0) is 7.05 Å². The quantitative estimate of drug-likeness (QED) is 0.826. The number of anilines is 1. The summed E-state index contributed by atoms with van der Waals surface area (Å²) in [5.74, 6) is -1.81. The molecule has 2 aromatic rings. The van der Waals surface area contributed by atoms with Crippen molar-refractivity contribution in [2.24, 2.45) is 7.05 Å². The first kappa shape index (κ1) is 11.1. The van der Waals surface area contributed by atoms with Crippen LogP contribution in [0.1, 0.15) is 10.4 Å². The van der Waals surface area contributed by atoms with Gasteiger partial charge in [0.05, 0.1) is 23.1 Å². The number of nitrogen functional groups attached to an aromatic ring is 1. The zero-order valence-electron chi connectivity index (χ0n) is 9.01. The summed E-state index contributed by atoms with van der Waals surface area (Å²) in [5.41, 5.74) is 6.82. The van der Waals surface area contributed by atoms with Crippen molar-refractivity contribution < 1.29 is 14.3 Å². The molecule has 0 atom stereocenters. The van der Waals surface area contributed by atoms with E-state index in [-0.39, 0.29) is 5.56 Å². The number of aromatic nitrogens is 2. The highest BCUT2D eigenvalue weighted by Gasteiger charge is 2.13. The van der Waals surface area contributed by atoms with Crippen molar-refractivity contribution in [2.45, 2.75) is 0 Å². The van der Waals surface area contributed by atoms with Crippen LogP contribution in [0.2, 0.25) is 0 Å². The van der Waals surface area contributed by atoms with Gasteiger partial charge in [0.2, 0.25) is 0 Å². The summed E-state index contributed by atoms with van der Waals surface area (Å²) >= 11 is 0. The summed E-state index contributed by atoms with van der Waals surface area (Å²) in [7, 11) is 1.65. The van der Waals surface area contributed by atoms with Crippen molar-refractivity contribution in [2.75, 3.05) is 5.73 Å². The third kappa shape index (κ3) is 1.96. The van der Waals surface area contributed by atoms with Crippen molar-refractivity contribution in [1.82, 2.24) is 9.78 Å². The summed E-state index contributed by atoms with van der Waals surface area (Å²) in [5, 5.41) is 12.8. The van der Waals surface area contributed by atoms with Crippen molar-refractivity contribution >= 4 is 11.7 Å². The number of aromatic carboxylic acids is 1. The van der Waals surface area contributed by atoms with E-state index in [2.05, 4.69) is 5.10 Å². The molecule has 3 N–H and O–H groups in total. The Morgan fingerprint density at radius 1 is 1.47 bits per heavy atom. The van der Waals surface area contributed by atoms with Crippen LogP contribution in [0.3, 0.4) is 0 Å². The zero-order valence-corrected chi connectivity index (χ0v) is 9.01. The zero-order chi connectivity index (χ0) is 12.6. The van der Waals surface area contributed by atoms with Gasteiger partial charge in [0.1, 0.15) is 5.82 Å². The van der Waals surface area contributed by atoms with E-state index >= 15 is 0 Å². The van der Waals surface area contributed by atoms with E-state index in [1.807, 2.05) is 0 Å². The van der Waals surface area contributed by atoms with Gasteiger partial charge in [-0.3, -0.25) is 4.68 Å². The van der Waals surface area contributed by atoms with Crippen LogP contribution < -0.4 is 5.73 Å². The van der Waals surface area contributed by atoms with Crippen LogP contribution in [-0.4, -0.2) is 20.9 Å². The highest BCUT2D eigenvalue weighted by Crippen LogP contribution is 2.26. The third-order valence-electron chi connectivity index (χ3n) is 2.39. The molecule has 1 heterocycles. The minimum Gasteiger partial charge on any atom is -0.478 e. The van der Waals surface area contributed by atoms with Gasteiger partial charge < -0.3 is 10.8 Å². The maximum absolute atomic E-state index is 13.3. The predicted octanol–water partition coefficient (Wildman–Crippen LogP) is 1.51. The van der Waals surface area contributed by atoms with Gasteiger partial charge in [-0.1, -0.05) is 0 Å². The van der Waals surface area contributed by atoms with Crippen LogP contribution in [0.25, 0.3) is 11.3 Å². The molecule has 0 bridgehead atoms. The molecule has 2 rings (SSSR count). The SMILES string of the molecule is Cn1ncc(N)c1-c1cc(F)cc(C(=O)O)c1. The van der Waals surface area contributed by atoms with Crippen LogP contribution in [0, 0.1) is 5.82 Å². The number of carbonyl (C=O) groups is 1. The Kier molecular flexibility index (Phi) is 2.55. The van der Waals surface area contributed by atoms with E-state index in [1.54, 1.807) is 7.05 Å². The molecule has 5 nitrogen and oxygen atoms in total. The van der Waals surface area contributed by atoms with Crippen LogP contribution >= 0.6 is 0 Å². The van der Waals surface area contributed by atoms with Crippen LogP contribution in [0.4, 0.5) is 10.1 Å². The lowest BCUT2D eigenvalue weighted by Crippen LogP contribution is -2.01. The Balaban J connectivity index is 2.64. The van der Waals surface area contributed by atoms with Gasteiger partial charge in [-0.15, -0.1) is 0 Å². The van der Waals surface area contributed by atoms with E-state index in [1.165, 1.54) is 23.0 Å². The summed E-state index contributed by atoms with van der Waals surface area (Å²) < 4.78 is 14.8. The van der Waals surface area contributed by atoms with E-state index < -0.39 is 11.8 Å². The fourth-order valence-electron chi connectivity index (χ4n) is 1.66. The number of hydrogen-bond acceptors (Lipinski definition) is 3. The summed E-state index contributed by atoms with van der Waals surface area (Å²) in [6.45, 7) is 0. The number of halogens is 1. The average molecular weight is 235 g/mol. The highest BCUT2D eigenvalue weighted by molar-refractivity contribution is 5.90. The van der Waals surface area contributed by atoms with Gasteiger partial charge in [0.25, 0.3) is 0 Å². The van der Waals surface area contributed by atoms with Gasteiger partial charge in [-0.05, 0) is 18.2 Å². The number of rotatable bonds is 2. The topological polar surface area (TPSA) is 81.1 Å². The lowest BCUT2D eigenvalue weighted by molar-refractivity contribution is 0.0696. The molecule has 0 aliphatic heterocycles. The van der Waals surface area contributed by atoms with Crippen LogP contribution in [0.15, 0.2) is 24.4 Å². The molecule has 0 amide bonds. The molecule has 0 radical (unpaired) electrons. The number of nitrogens with two attached hydrogens (primary N) is 1. The molecular formula is C11H10FN3O2. The van der Waals surface area contributed by atoms with Gasteiger partial charge >= 0.3 is 5.97 Å². The number of hydrogen-bond donors (Lipinski definition) is 2. The highest BCUT2D eigenvalue weighted by atomic mass is 19.1. The second kappa shape index (κ2) is 3.89. The molecule has 0 aliphatic rings. The fourth-order valence-corrected chi connectivity index (χ4v) is 1.66. The second-order valence-corrected chi connectivity index (χ2v) is 3.61. The summed E-state index contributed by atoms with van der Waals surface area (Å²) in [6, 6.07) is 3.54. The van der Waals surface area contributed by atoms with E-state index in [4.69, 9.17) is 10.8 Å². The van der Waals surface area contributed by atoms with E-state index in [9.17, 15) is 9.18 Å². The Morgan fingerprint density at radius 2 is 2.18 bits per heavy atom. The third-order valence-corrected chi connectivity index (χ3v) is 2.39. The van der Waals surface area contributed by atoms with Gasteiger partial charge in [-0.25, -0.2) is 9.18 Å².